The molecule has 4 heterocycles. The number of rotatable bonds is 5. The fraction of sp³-hybridized carbons (Fsp3) is 0.444. The van der Waals surface area contributed by atoms with Crippen LogP contribution in [0.25, 0.3) is 0 Å². The molecule has 1 fully saturated rings. The van der Waals surface area contributed by atoms with Crippen molar-refractivity contribution in [3.05, 3.63) is 60.2 Å². The van der Waals surface area contributed by atoms with Gasteiger partial charge < -0.3 is 4.57 Å². The zero-order valence-corrected chi connectivity index (χ0v) is 14.5. The van der Waals surface area contributed by atoms with Gasteiger partial charge in [0.05, 0.1) is 0 Å². The first-order valence-corrected chi connectivity index (χ1v) is 8.76. The molecule has 25 heavy (non-hydrogen) atoms. The lowest BCUT2D eigenvalue weighted by Crippen LogP contribution is -2.34. The van der Waals surface area contributed by atoms with Gasteiger partial charge in [0.25, 0.3) is 0 Å². The van der Waals surface area contributed by atoms with Gasteiger partial charge in [-0.05, 0) is 37.1 Å². The number of nitrogens with zero attached hydrogens (tertiary/aromatic N) is 7. The highest BCUT2D eigenvalue weighted by atomic mass is 15.3. The minimum Gasteiger partial charge on any atom is -0.316 e. The van der Waals surface area contributed by atoms with Crippen molar-refractivity contribution in [1.82, 2.24) is 34.4 Å². The van der Waals surface area contributed by atoms with Crippen molar-refractivity contribution in [1.29, 1.82) is 0 Å². The van der Waals surface area contributed by atoms with Gasteiger partial charge in [-0.3, -0.25) is 14.6 Å². The van der Waals surface area contributed by atoms with Gasteiger partial charge in [0.15, 0.2) is 5.82 Å². The van der Waals surface area contributed by atoms with Crippen molar-refractivity contribution in [2.45, 2.75) is 31.8 Å². The molecule has 4 rings (SSSR count). The van der Waals surface area contributed by atoms with Crippen LogP contribution in [0.1, 0.15) is 36.0 Å². The number of aromatic nitrogens is 6. The first-order chi connectivity index (χ1) is 12.3. The first-order valence-electron chi connectivity index (χ1n) is 8.76. The van der Waals surface area contributed by atoms with Crippen molar-refractivity contribution in [3.8, 4) is 0 Å². The molecule has 1 atom stereocenters. The molecule has 3 aromatic rings. The average molecular weight is 337 g/mol. The van der Waals surface area contributed by atoms with Gasteiger partial charge >= 0.3 is 0 Å². The fourth-order valence-corrected chi connectivity index (χ4v) is 3.57. The highest BCUT2D eigenvalue weighted by Crippen LogP contribution is 2.26. The third-order valence-corrected chi connectivity index (χ3v) is 4.86. The summed E-state index contributed by atoms with van der Waals surface area (Å²) in [5, 5.41) is 13.1. The van der Waals surface area contributed by atoms with E-state index >= 15 is 0 Å². The fourth-order valence-electron chi connectivity index (χ4n) is 3.57. The number of hydrogen-bond donors (Lipinski definition) is 0. The largest absolute Gasteiger partial charge is 0.316 e. The SMILES string of the molecule is Cn1c(Cn2cccn2)nnc1[C@@H]1CCCN(Cc2cccnc2)C1. The van der Waals surface area contributed by atoms with E-state index in [1.54, 1.807) is 6.20 Å². The van der Waals surface area contributed by atoms with Crippen LogP contribution in [0, 0.1) is 0 Å². The van der Waals surface area contributed by atoms with Crippen LogP contribution in [0.2, 0.25) is 0 Å². The van der Waals surface area contributed by atoms with E-state index in [0.717, 1.165) is 37.7 Å². The first kappa shape index (κ1) is 16.0. The molecule has 0 aromatic carbocycles. The van der Waals surface area contributed by atoms with E-state index in [1.165, 1.54) is 12.0 Å². The van der Waals surface area contributed by atoms with Gasteiger partial charge in [-0.25, -0.2) is 0 Å². The lowest BCUT2D eigenvalue weighted by Gasteiger charge is -2.32. The summed E-state index contributed by atoms with van der Waals surface area (Å²) in [6.07, 6.45) is 9.86. The molecule has 0 spiro atoms. The van der Waals surface area contributed by atoms with Crippen LogP contribution in [0.4, 0.5) is 0 Å². The lowest BCUT2D eigenvalue weighted by atomic mass is 9.97. The van der Waals surface area contributed by atoms with Crippen molar-refractivity contribution < 1.29 is 0 Å². The van der Waals surface area contributed by atoms with Crippen LogP contribution < -0.4 is 0 Å². The molecule has 1 aliphatic heterocycles. The minimum atomic E-state index is 0.425. The Bertz CT molecular complexity index is 794. The van der Waals surface area contributed by atoms with Crippen LogP contribution in [0.3, 0.4) is 0 Å². The topological polar surface area (TPSA) is 64.7 Å². The van der Waals surface area contributed by atoms with Crippen molar-refractivity contribution in [3.63, 3.8) is 0 Å². The van der Waals surface area contributed by atoms with E-state index in [-0.39, 0.29) is 0 Å². The third-order valence-electron chi connectivity index (χ3n) is 4.86. The van der Waals surface area contributed by atoms with E-state index < -0.39 is 0 Å². The summed E-state index contributed by atoms with van der Waals surface area (Å²) in [6.45, 7) is 3.75. The van der Waals surface area contributed by atoms with E-state index in [4.69, 9.17) is 0 Å². The van der Waals surface area contributed by atoms with Gasteiger partial charge in [0, 0.05) is 50.8 Å². The number of hydrogen-bond acceptors (Lipinski definition) is 5. The standard InChI is InChI=1S/C18H23N7/c1-23-17(14-25-10-4-8-20-25)21-22-18(23)16-6-3-9-24(13-16)12-15-5-2-7-19-11-15/h2,4-5,7-8,10-11,16H,3,6,9,12-14H2,1H3/t16-/m1/s1. The number of piperidine rings is 1. The second-order valence-corrected chi connectivity index (χ2v) is 6.67. The molecular weight excluding hydrogens is 314 g/mol. The Labute approximate surface area is 147 Å². The van der Waals surface area contributed by atoms with Crippen molar-refractivity contribution in [2.75, 3.05) is 13.1 Å². The van der Waals surface area contributed by atoms with Gasteiger partial charge in [-0.1, -0.05) is 6.07 Å². The molecule has 1 aliphatic rings. The molecule has 0 bridgehead atoms. The van der Waals surface area contributed by atoms with E-state index in [9.17, 15) is 0 Å². The van der Waals surface area contributed by atoms with Gasteiger partial charge in [-0.2, -0.15) is 5.10 Å². The Morgan fingerprint density at radius 2 is 2.12 bits per heavy atom. The van der Waals surface area contributed by atoms with Gasteiger partial charge in [-0.15, -0.1) is 10.2 Å². The highest BCUT2D eigenvalue weighted by molar-refractivity contribution is 5.10. The smallest absolute Gasteiger partial charge is 0.154 e. The van der Waals surface area contributed by atoms with Gasteiger partial charge in [0.1, 0.15) is 12.4 Å². The van der Waals surface area contributed by atoms with Gasteiger partial charge in [0.2, 0.25) is 0 Å². The van der Waals surface area contributed by atoms with E-state index in [1.807, 2.05) is 35.4 Å². The number of likely N-dealkylation sites (tertiary alicyclic amines) is 1. The van der Waals surface area contributed by atoms with Crippen LogP contribution >= 0.6 is 0 Å². The van der Waals surface area contributed by atoms with Crippen LogP contribution in [0.15, 0.2) is 43.0 Å². The maximum atomic E-state index is 4.49. The van der Waals surface area contributed by atoms with Crippen LogP contribution in [0.5, 0.6) is 0 Å². The summed E-state index contributed by atoms with van der Waals surface area (Å²) in [5.74, 6) is 2.45. The number of pyridine rings is 1. The molecule has 0 radical (unpaired) electrons. The molecule has 0 saturated carbocycles. The molecule has 7 nitrogen and oxygen atoms in total. The Kier molecular flexibility index (Phi) is 4.56. The molecule has 0 amide bonds. The second kappa shape index (κ2) is 7.14. The molecule has 3 aromatic heterocycles. The van der Waals surface area contributed by atoms with Crippen molar-refractivity contribution in [2.24, 2.45) is 7.05 Å². The maximum absolute atomic E-state index is 4.49. The van der Waals surface area contributed by atoms with Crippen LogP contribution in [-0.4, -0.2) is 47.5 Å². The summed E-state index contributed by atoms with van der Waals surface area (Å²) >= 11 is 0. The second-order valence-electron chi connectivity index (χ2n) is 6.67. The summed E-state index contributed by atoms with van der Waals surface area (Å²) in [6, 6.07) is 6.07. The summed E-state index contributed by atoms with van der Waals surface area (Å²) in [4.78, 5) is 6.71. The zero-order valence-electron chi connectivity index (χ0n) is 14.5. The quantitative estimate of drug-likeness (QED) is 0.711. The molecule has 130 valence electrons. The molecule has 1 saturated heterocycles. The average Bonchev–Trinajstić information content (AvgIpc) is 3.27. The van der Waals surface area contributed by atoms with Crippen molar-refractivity contribution >= 4 is 0 Å². The predicted molar refractivity (Wildman–Crippen MR) is 93.8 cm³/mol. The molecule has 7 heteroatoms. The van der Waals surface area contributed by atoms with Crippen LogP contribution in [-0.2, 0) is 20.1 Å². The summed E-state index contributed by atoms with van der Waals surface area (Å²) in [7, 11) is 2.06. The van der Waals surface area contributed by atoms with E-state index in [2.05, 4.69) is 42.9 Å². The monoisotopic (exact) mass is 337 g/mol. The molecule has 0 aliphatic carbocycles. The Balaban J connectivity index is 1.45. The lowest BCUT2D eigenvalue weighted by molar-refractivity contribution is 0.195. The third kappa shape index (κ3) is 3.61. The minimum absolute atomic E-state index is 0.425. The Hall–Kier alpha value is -2.54. The molecular formula is C18H23N7. The molecule has 0 N–H and O–H groups in total. The highest BCUT2D eigenvalue weighted by Gasteiger charge is 2.26. The summed E-state index contributed by atoms with van der Waals surface area (Å²) < 4.78 is 4.02. The summed E-state index contributed by atoms with van der Waals surface area (Å²) in [5.41, 5.74) is 1.26. The molecule has 0 unspecified atom stereocenters. The zero-order chi connectivity index (χ0) is 17.1. The Morgan fingerprint density at radius 3 is 2.92 bits per heavy atom. The maximum Gasteiger partial charge on any atom is 0.154 e. The van der Waals surface area contributed by atoms with E-state index in [0.29, 0.717) is 12.5 Å². The normalized spacial score (nSPS) is 18.5. The predicted octanol–water partition coefficient (Wildman–Crippen LogP) is 1.83. The Morgan fingerprint density at radius 1 is 1.16 bits per heavy atom.